The summed E-state index contributed by atoms with van der Waals surface area (Å²) < 4.78 is 17.3. The smallest absolute Gasteiger partial charge is 0.165 e. The van der Waals surface area contributed by atoms with Gasteiger partial charge < -0.3 is 14.2 Å². The van der Waals surface area contributed by atoms with Crippen LogP contribution < -0.4 is 25.1 Å². The molecule has 2 atom stereocenters. The molecule has 0 saturated carbocycles. The quantitative estimate of drug-likeness (QED) is 0.561. The highest BCUT2D eigenvalue weighted by atomic mass is 16.5. The van der Waals surface area contributed by atoms with Crippen LogP contribution in [-0.4, -0.2) is 55.3 Å². The number of rotatable bonds is 6. The molecule has 2 unspecified atom stereocenters. The Morgan fingerprint density at radius 1 is 1.11 bits per heavy atom. The number of hydrogen-bond acceptors (Lipinski definition) is 8. The number of hydrogen-bond donors (Lipinski definition) is 2. The van der Waals surface area contributed by atoms with Gasteiger partial charge in [-0.3, -0.25) is 15.3 Å². The van der Waals surface area contributed by atoms with Gasteiger partial charge in [0, 0.05) is 49.4 Å². The predicted molar refractivity (Wildman–Crippen MR) is 135 cm³/mol. The first-order valence-electron chi connectivity index (χ1n) is 12.0. The van der Waals surface area contributed by atoms with Crippen LogP contribution in [0.4, 0.5) is 0 Å². The Morgan fingerprint density at radius 3 is 2.71 bits per heavy atom. The minimum absolute atomic E-state index is 0.232. The van der Waals surface area contributed by atoms with Gasteiger partial charge in [-0.25, -0.2) is 10.4 Å². The highest BCUT2D eigenvalue weighted by molar-refractivity contribution is 5.68. The zero-order valence-electron chi connectivity index (χ0n) is 20.8. The number of methoxy groups -OCH3 is 2. The van der Waals surface area contributed by atoms with Gasteiger partial charge in [0.25, 0.3) is 0 Å². The maximum atomic E-state index is 6.20. The SMILES string of the molecule is COc1ccc(C2NNCC2CN2CCOc3c(cc(-c4nc(C)cnc4C)cc3OC)C2)cc1. The van der Waals surface area contributed by atoms with Crippen LogP contribution in [0.15, 0.2) is 42.6 Å². The van der Waals surface area contributed by atoms with Gasteiger partial charge in [0.05, 0.1) is 37.3 Å². The molecule has 1 saturated heterocycles. The van der Waals surface area contributed by atoms with Crippen LogP contribution in [0.25, 0.3) is 11.3 Å². The van der Waals surface area contributed by atoms with E-state index in [0.29, 0.717) is 12.5 Å². The zero-order chi connectivity index (χ0) is 24.4. The first kappa shape index (κ1) is 23.5. The fourth-order valence-electron chi connectivity index (χ4n) is 5.00. The molecule has 2 aliphatic heterocycles. The van der Waals surface area contributed by atoms with E-state index in [2.05, 4.69) is 38.9 Å². The summed E-state index contributed by atoms with van der Waals surface area (Å²) in [5.74, 6) is 2.85. The molecule has 3 heterocycles. The molecule has 184 valence electrons. The van der Waals surface area contributed by atoms with Gasteiger partial charge in [0.1, 0.15) is 12.4 Å². The molecule has 0 bridgehead atoms. The molecule has 2 N–H and O–H groups in total. The topological polar surface area (TPSA) is 80.8 Å². The second-order valence-corrected chi connectivity index (χ2v) is 9.23. The molecule has 3 aromatic rings. The Kier molecular flexibility index (Phi) is 6.86. The second kappa shape index (κ2) is 10.2. The monoisotopic (exact) mass is 475 g/mol. The normalized spacial score (nSPS) is 20.1. The summed E-state index contributed by atoms with van der Waals surface area (Å²) in [7, 11) is 3.38. The molecule has 8 nitrogen and oxygen atoms in total. The first-order valence-corrected chi connectivity index (χ1v) is 12.0. The van der Waals surface area contributed by atoms with Crippen molar-refractivity contribution in [3.63, 3.8) is 0 Å². The predicted octanol–water partition coefficient (Wildman–Crippen LogP) is 3.44. The second-order valence-electron chi connectivity index (χ2n) is 9.23. The van der Waals surface area contributed by atoms with Gasteiger partial charge in [-0.1, -0.05) is 12.1 Å². The Morgan fingerprint density at radius 2 is 1.94 bits per heavy atom. The fraction of sp³-hybridized carbons (Fsp3) is 0.407. The Hall–Kier alpha value is -3.20. The van der Waals surface area contributed by atoms with Crippen LogP contribution in [-0.2, 0) is 6.54 Å². The summed E-state index contributed by atoms with van der Waals surface area (Å²) in [5, 5.41) is 0. The average molecular weight is 476 g/mol. The van der Waals surface area contributed by atoms with E-state index in [1.807, 2.05) is 32.0 Å². The van der Waals surface area contributed by atoms with Crippen LogP contribution >= 0.6 is 0 Å². The van der Waals surface area contributed by atoms with Crippen molar-refractivity contribution < 1.29 is 14.2 Å². The third kappa shape index (κ3) is 4.96. The van der Waals surface area contributed by atoms with Crippen molar-refractivity contribution >= 4 is 0 Å². The number of nitrogens with one attached hydrogen (secondary N) is 2. The minimum atomic E-state index is 0.232. The van der Waals surface area contributed by atoms with Crippen molar-refractivity contribution in [2.24, 2.45) is 5.92 Å². The number of nitrogens with zero attached hydrogens (tertiary/aromatic N) is 3. The van der Waals surface area contributed by atoms with Crippen molar-refractivity contribution in [2.75, 3.05) is 40.5 Å². The summed E-state index contributed by atoms with van der Waals surface area (Å²) in [4.78, 5) is 11.7. The average Bonchev–Trinajstić information content (AvgIpc) is 3.23. The number of aryl methyl sites for hydroxylation is 2. The Balaban J connectivity index is 1.40. The summed E-state index contributed by atoms with van der Waals surface area (Å²) >= 11 is 0. The number of fused-ring (bicyclic) bond motifs is 1. The minimum Gasteiger partial charge on any atom is -0.497 e. The van der Waals surface area contributed by atoms with Crippen LogP contribution in [0.5, 0.6) is 17.2 Å². The van der Waals surface area contributed by atoms with Gasteiger partial charge in [-0.05, 0) is 43.7 Å². The largest absolute Gasteiger partial charge is 0.497 e. The number of aromatic nitrogens is 2. The molecule has 5 rings (SSSR count). The van der Waals surface area contributed by atoms with Crippen molar-refractivity contribution in [3.05, 3.63) is 65.1 Å². The van der Waals surface area contributed by atoms with Crippen molar-refractivity contribution in [1.29, 1.82) is 0 Å². The lowest BCUT2D eigenvalue weighted by atomic mass is 9.94. The molecule has 2 aromatic carbocycles. The molecule has 0 amide bonds. The molecule has 1 aromatic heterocycles. The van der Waals surface area contributed by atoms with Crippen LogP contribution in [0.1, 0.15) is 28.6 Å². The number of hydrazine groups is 1. The maximum absolute atomic E-state index is 6.20. The standard InChI is InChI=1S/C27H33N5O3/c1-17-13-28-18(2)25(30-17)20-11-21-15-32(9-10-35-27(21)24(12-20)34-4)16-22-14-29-31-26(22)19-5-7-23(33-3)8-6-19/h5-8,11-13,22,26,29,31H,9-10,14-16H2,1-4H3. The van der Waals surface area contributed by atoms with E-state index in [0.717, 1.165) is 71.6 Å². The molecular weight excluding hydrogens is 442 g/mol. The van der Waals surface area contributed by atoms with Gasteiger partial charge in [-0.15, -0.1) is 0 Å². The van der Waals surface area contributed by atoms with E-state index in [-0.39, 0.29) is 6.04 Å². The van der Waals surface area contributed by atoms with Crippen LogP contribution in [0, 0.1) is 19.8 Å². The third-order valence-corrected chi connectivity index (χ3v) is 6.81. The zero-order valence-corrected chi connectivity index (χ0v) is 20.8. The molecule has 0 radical (unpaired) electrons. The first-order chi connectivity index (χ1) is 17.1. The maximum Gasteiger partial charge on any atom is 0.165 e. The highest BCUT2D eigenvalue weighted by Crippen LogP contribution is 2.39. The lowest BCUT2D eigenvalue weighted by molar-refractivity contribution is 0.193. The highest BCUT2D eigenvalue weighted by Gasteiger charge is 2.31. The van der Waals surface area contributed by atoms with Gasteiger partial charge in [0.2, 0.25) is 0 Å². The Bertz CT molecular complexity index is 1180. The summed E-state index contributed by atoms with van der Waals surface area (Å²) in [6.07, 6.45) is 1.80. The molecule has 2 aliphatic rings. The summed E-state index contributed by atoms with van der Waals surface area (Å²) in [5.41, 5.74) is 12.9. The van der Waals surface area contributed by atoms with Crippen molar-refractivity contribution in [3.8, 4) is 28.5 Å². The van der Waals surface area contributed by atoms with Crippen LogP contribution in [0.3, 0.4) is 0 Å². The van der Waals surface area contributed by atoms with E-state index >= 15 is 0 Å². The van der Waals surface area contributed by atoms with E-state index in [1.165, 1.54) is 5.56 Å². The van der Waals surface area contributed by atoms with E-state index in [1.54, 1.807) is 20.4 Å². The summed E-state index contributed by atoms with van der Waals surface area (Å²) in [6, 6.07) is 12.7. The van der Waals surface area contributed by atoms with Crippen molar-refractivity contribution in [2.45, 2.75) is 26.4 Å². The fourth-order valence-corrected chi connectivity index (χ4v) is 5.00. The van der Waals surface area contributed by atoms with E-state index in [4.69, 9.17) is 19.2 Å². The number of ether oxygens (including phenoxy) is 3. The van der Waals surface area contributed by atoms with E-state index in [9.17, 15) is 0 Å². The van der Waals surface area contributed by atoms with E-state index < -0.39 is 0 Å². The molecule has 0 spiro atoms. The molecular formula is C27H33N5O3. The lowest BCUT2D eigenvalue weighted by Crippen LogP contribution is -2.34. The van der Waals surface area contributed by atoms with Gasteiger partial charge in [-0.2, -0.15) is 0 Å². The molecule has 1 fully saturated rings. The van der Waals surface area contributed by atoms with Gasteiger partial charge >= 0.3 is 0 Å². The molecule has 35 heavy (non-hydrogen) atoms. The Labute approximate surface area is 206 Å². The third-order valence-electron chi connectivity index (χ3n) is 6.81. The van der Waals surface area contributed by atoms with Crippen molar-refractivity contribution in [1.82, 2.24) is 25.7 Å². The van der Waals surface area contributed by atoms with Gasteiger partial charge in [0.15, 0.2) is 11.5 Å². The molecule has 0 aliphatic carbocycles. The van der Waals surface area contributed by atoms with Crippen LogP contribution in [0.2, 0.25) is 0 Å². The number of benzene rings is 2. The summed E-state index contributed by atoms with van der Waals surface area (Å²) in [6.45, 7) is 8.04. The molecule has 8 heteroatoms. The lowest BCUT2D eigenvalue weighted by Gasteiger charge is -2.26.